The first kappa shape index (κ1) is 15.4. The number of aryl methyl sites for hydroxylation is 1. The first-order chi connectivity index (χ1) is 11.1. The van der Waals surface area contributed by atoms with Crippen molar-refractivity contribution in [1.82, 2.24) is 29.9 Å². The maximum absolute atomic E-state index is 4.39. The van der Waals surface area contributed by atoms with Gasteiger partial charge in [0.1, 0.15) is 12.7 Å². The molecule has 0 aliphatic carbocycles. The number of hydrogen-bond donors (Lipinski definition) is 1. The fraction of sp³-hybridized carbons (Fsp3) is 0.353. The molecule has 2 aromatic heterocycles. The van der Waals surface area contributed by atoms with Crippen molar-refractivity contribution in [3.05, 3.63) is 60.4 Å². The minimum absolute atomic E-state index is 0.304. The van der Waals surface area contributed by atoms with Gasteiger partial charge in [-0.3, -0.25) is 4.68 Å². The molecule has 0 saturated carbocycles. The van der Waals surface area contributed by atoms with Crippen molar-refractivity contribution in [2.24, 2.45) is 0 Å². The quantitative estimate of drug-likeness (QED) is 0.760. The molecule has 23 heavy (non-hydrogen) atoms. The van der Waals surface area contributed by atoms with E-state index in [1.165, 1.54) is 17.5 Å². The molecule has 3 aromatic rings. The maximum Gasteiger partial charge on any atom is 0.138 e. The van der Waals surface area contributed by atoms with E-state index < -0.39 is 0 Å². The normalized spacial score (nSPS) is 13.9. The SMILES string of the molecule is Cc1cnn([C@@H](C)[C@H](C)NCc2ccc(-n3cncn3)cc2)c1. The molecule has 0 aliphatic rings. The lowest BCUT2D eigenvalue weighted by atomic mass is 10.1. The van der Waals surface area contributed by atoms with Crippen molar-refractivity contribution in [3.8, 4) is 5.69 Å². The van der Waals surface area contributed by atoms with Crippen LogP contribution < -0.4 is 5.32 Å². The molecule has 0 fully saturated rings. The van der Waals surface area contributed by atoms with E-state index in [-0.39, 0.29) is 0 Å². The van der Waals surface area contributed by atoms with Crippen LogP contribution in [0.25, 0.3) is 5.69 Å². The molecule has 6 heteroatoms. The summed E-state index contributed by atoms with van der Waals surface area (Å²) < 4.78 is 3.77. The lowest BCUT2D eigenvalue weighted by Crippen LogP contribution is -2.33. The zero-order chi connectivity index (χ0) is 16.2. The number of hydrogen-bond acceptors (Lipinski definition) is 4. The molecule has 3 rings (SSSR count). The van der Waals surface area contributed by atoms with Gasteiger partial charge in [0.05, 0.1) is 17.9 Å². The number of benzene rings is 1. The predicted octanol–water partition coefficient (Wildman–Crippen LogP) is 2.51. The van der Waals surface area contributed by atoms with E-state index in [2.05, 4.69) is 71.7 Å². The summed E-state index contributed by atoms with van der Waals surface area (Å²) in [6.07, 6.45) is 7.21. The average Bonchev–Trinajstić information content (AvgIpc) is 3.24. The summed E-state index contributed by atoms with van der Waals surface area (Å²) >= 11 is 0. The first-order valence-corrected chi connectivity index (χ1v) is 7.81. The van der Waals surface area contributed by atoms with Gasteiger partial charge in [0.15, 0.2) is 0 Å². The second-order valence-electron chi connectivity index (χ2n) is 5.91. The predicted molar refractivity (Wildman–Crippen MR) is 89.3 cm³/mol. The van der Waals surface area contributed by atoms with Crippen LogP contribution in [0.4, 0.5) is 0 Å². The summed E-state index contributed by atoms with van der Waals surface area (Å²) in [6.45, 7) is 7.25. The monoisotopic (exact) mass is 310 g/mol. The zero-order valence-corrected chi connectivity index (χ0v) is 13.7. The molecular formula is C17H22N6. The van der Waals surface area contributed by atoms with E-state index >= 15 is 0 Å². The van der Waals surface area contributed by atoms with Crippen LogP contribution in [0.5, 0.6) is 0 Å². The van der Waals surface area contributed by atoms with Crippen molar-refractivity contribution >= 4 is 0 Å². The molecule has 120 valence electrons. The van der Waals surface area contributed by atoms with Gasteiger partial charge in [0.25, 0.3) is 0 Å². The van der Waals surface area contributed by atoms with Crippen LogP contribution in [0.15, 0.2) is 49.3 Å². The van der Waals surface area contributed by atoms with Crippen molar-refractivity contribution in [2.45, 2.75) is 39.4 Å². The molecule has 0 saturated heterocycles. The average molecular weight is 310 g/mol. The lowest BCUT2D eigenvalue weighted by molar-refractivity contribution is 0.365. The number of nitrogens with one attached hydrogen (secondary N) is 1. The largest absolute Gasteiger partial charge is 0.308 e. The van der Waals surface area contributed by atoms with Gasteiger partial charge in [0.2, 0.25) is 0 Å². The van der Waals surface area contributed by atoms with Gasteiger partial charge in [-0.1, -0.05) is 12.1 Å². The van der Waals surface area contributed by atoms with Crippen molar-refractivity contribution in [1.29, 1.82) is 0 Å². The second kappa shape index (κ2) is 6.75. The molecule has 0 unspecified atom stereocenters. The van der Waals surface area contributed by atoms with Crippen molar-refractivity contribution < 1.29 is 0 Å². The van der Waals surface area contributed by atoms with E-state index in [0.717, 1.165) is 12.2 Å². The molecule has 6 nitrogen and oxygen atoms in total. The van der Waals surface area contributed by atoms with Crippen LogP contribution in [-0.2, 0) is 6.54 Å². The molecule has 0 radical (unpaired) electrons. The molecule has 0 amide bonds. The standard InChI is InChI=1S/C17H22N6/c1-13-8-20-22(10-13)15(3)14(2)19-9-16-4-6-17(7-5-16)23-12-18-11-21-23/h4-8,10-12,14-15,19H,9H2,1-3H3/t14-,15-/m0/s1. The highest BCUT2D eigenvalue weighted by atomic mass is 15.3. The molecule has 2 heterocycles. The lowest BCUT2D eigenvalue weighted by Gasteiger charge is -2.22. The Balaban J connectivity index is 1.57. The molecular weight excluding hydrogens is 288 g/mol. The number of nitrogens with zero attached hydrogens (tertiary/aromatic N) is 5. The second-order valence-corrected chi connectivity index (χ2v) is 5.91. The highest BCUT2D eigenvalue weighted by molar-refractivity contribution is 5.33. The highest BCUT2D eigenvalue weighted by Gasteiger charge is 2.14. The van der Waals surface area contributed by atoms with Crippen molar-refractivity contribution in [2.75, 3.05) is 0 Å². The number of rotatable bonds is 6. The molecule has 0 spiro atoms. The third-order valence-corrected chi connectivity index (χ3v) is 4.12. The molecule has 0 aliphatic heterocycles. The summed E-state index contributed by atoms with van der Waals surface area (Å²) in [7, 11) is 0. The topological polar surface area (TPSA) is 60.6 Å². The molecule has 2 atom stereocenters. The van der Waals surface area contributed by atoms with Gasteiger partial charge in [-0.2, -0.15) is 10.2 Å². The summed E-state index contributed by atoms with van der Waals surface area (Å²) in [5.41, 5.74) is 3.44. The Kier molecular flexibility index (Phi) is 4.52. The Morgan fingerprint density at radius 2 is 1.91 bits per heavy atom. The summed E-state index contributed by atoms with van der Waals surface area (Å²) in [5, 5.41) is 12.1. The fourth-order valence-corrected chi connectivity index (χ4v) is 2.44. The van der Waals surface area contributed by atoms with Crippen molar-refractivity contribution in [3.63, 3.8) is 0 Å². The third-order valence-electron chi connectivity index (χ3n) is 4.12. The van der Waals surface area contributed by atoms with E-state index in [1.54, 1.807) is 11.0 Å². The Labute approximate surface area is 136 Å². The van der Waals surface area contributed by atoms with Crippen LogP contribution in [0.2, 0.25) is 0 Å². The van der Waals surface area contributed by atoms with Gasteiger partial charge in [-0.25, -0.2) is 9.67 Å². The Hall–Kier alpha value is -2.47. The van der Waals surface area contributed by atoms with Crippen LogP contribution in [0.1, 0.15) is 31.0 Å². The van der Waals surface area contributed by atoms with E-state index in [9.17, 15) is 0 Å². The van der Waals surface area contributed by atoms with E-state index in [1.807, 2.05) is 10.9 Å². The summed E-state index contributed by atoms with van der Waals surface area (Å²) in [4.78, 5) is 3.96. The van der Waals surface area contributed by atoms with Gasteiger partial charge >= 0.3 is 0 Å². The number of aromatic nitrogens is 5. The highest BCUT2D eigenvalue weighted by Crippen LogP contribution is 2.12. The summed E-state index contributed by atoms with van der Waals surface area (Å²) in [5.74, 6) is 0. The molecule has 1 N–H and O–H groups in total. The Bertz CT molecular complexity index is 729. The van der Waals surface area contributed by atoms with Gasteiger partial charge in [-0.05, 0) is 44.0 Å². The van der Waals surface area contributed by atoms with Crippen LogP contribution in [0, 0.1) is 6.92 Å². The Morgan fingerprint density at radius 1 is 1.13 bits per heavy atom. The van der Waals surface area contributed by atoms with Crippen LogP contribution in [-0.4, -0.2) is 30.6 Å². The van der Waals surface area contributed by atoms with Crippen LogP contribution >= 0.6 is 0 Å². The van der Waals surface area contributed by atoms with Gasteiger partial charge < -0.3 is 5.32 Å². The van der Waals surface area contributed by atoms with Crippen LogP contribution in [0.3, 0.4) is 0 Å². The third kappa shape index (κ3) is 3.65. The Morgan fingerprint density at radius 3 is 2.52 bits per heavy atom. The van der Waals surface area contributed by atoms with Gasteiger partial charge in [0, 0.05) is 18.8 Å². The minimum Gasteiger partial charge on any atom is -0.308 e. The minimum atomic E-state index is 0.304. The van der Waals surface area contributed by atoms with Gasteiger partial charge in [-0.15, -0.1) is 0 Å². The smallest absolute Gasteiger partial charge is 0.138 e. The zero-order valence-electron chi connectivity index (χ0n) is 13.7. The van der Waals surface area contributed by atoms with E-state index in [0.29, 0.717) is 12.1 Å². The summed E-state index contributed by atoms with van der Waals surface area (Å²) in [6, 6.07) is 8.95. The first-order valence-electron chi connectivity index (χ1n) is 7.81. The molecule has 0 bridgehead atoms. The van der Waals surface area contributed by atoms with E-state index in [4.69, 9.17) is 0 Å². The fourth-order valence-electron chi connectivity index (χ4n) is 2.44. The molecule has 1 aromatic carbocycles. The maximum atomic E-state index is 4.39.